The van der Waals surface area contributed by atoms with Crippen molar-refractivity contribution in [3.63, 3.8) is 0 Å². The summed E-state index contributed by atoms with van der Waals surface area (Å²) in [5, 5.41) is 6.56. The van der Waals surface area contributed by atoms with Crippen LogP contribution in [-0.2, 0) is 0 Å². The molecule has 3 aromatic carbocycles. The highest BCUT2D eigenvalue weighted by atomic mass is 79.9. The van der Waals surface area contributed by atoms with Crippen LogP contribution in [0.3, 0.4) is 0 Å². The Labute approximate surface area is 150 Å². The molecule has 3 atom stereocenters. The molecule has 0 radical (unpaired) electrons. The van der Waals surface area contributed by atoms with Crippen molar-refractivity contribution in [1.29, 1.82) is 0 Å². The van der Waals surface area contributed by atoms with E-state index in [0.29, 0.717) is 17.9 Å². The number of allylic oxidation sites excluding steroid dienone is 2. The van der Waals surface area contributed by atoms with Gasteiger partial charge in [-0.25, -0.2) is 0 Å². The molecule has 1 aliphatic carbocycles. The van der Waals surface area contributed by atoms with Crippen LogP contribution < -0.4 is 5.32 Å². The molecule has 118 valence electrons. The van der Waals surface area contributed by atoms with Gasteiger partial charge in [0.2, 0.25) is 0 Å². The topological polar surface area (TPSA) is 12.0 Å². The Kier molecular flexibility index (Phi) is 3.27. The molecule has 24 heavy (non-hydrogen) atoms. The van der Waals surface area contributed by atoms with Gasteiger partial charge in [0.1, 0.15) is 0 Å². The van der Waals surface area contributed by atoms with Crippen molar-refractivity contribution in [2.75, 3.05) is 5.32 Å². The molecule has 0 spiro atoms. The van der Waals surface area contributed by atoms with Crippen molar-refractivity contribution in [2.24, 2.45) is 5.92 Å². The molecule has 1 nitrogen and oxygen atoms in total. The fourth-order valence-electron chi connectivity index (χ4n) is 4.38. The molecule has 5 rings (SSSR count). The second-order valence-corrected chi connectivity index (χ2v) is 7.69. The van der Waals surface area contributed by atoms with E-state index in [0.717, 1.165) is 10.9 Å². The molecule has 0 fully saturated rings. The van der Waals surface area contributed by atoms with Crippen LogP contribution in [0, 0.1) is 5.92 Å². The Morgan fingerprint density at radius 2 is 1.75 bits per heavy atom. The van der Waals surface area contributed by atoms with Gasteiger partial charge in [-0.05, 0) is 52.4 Å². The van der Waals surface area contributed by atoms with Crippen LogP contribution in [0.4, 0.5) is 5.69 Å². The minimum absolute atomic E-state index is 0.367. The van der Waals surface area contributed by atoms with Crippen molar-refractivity contribution >= 4 is 32.4 Å². The molecule has 2 heteroatoms. The van der Waals surface area contributed by atoms with Crippen molar-refractivity contribution < 1.29 is 0 Å². The minimum Gasteiger partial charge on any atom is -0.378 e. The van der Waals surface area contributed by atoms with Crippen LogP contribution in [0.25, 0.3) is 10.8 Å². The lowest BCUT2D eigenvalue weighted by Gasteiger charge is -2.38. The average Bonchev–Trinajstić information content (AvgIpc) is 3.11. The number of anilines is 1. The van der Waals surface area contributed by atoms with Gasteiger partial charge in [-0.2, -0.15) is 0 Å². The van der Waals surface area contributed by atoms with E-state index in [1.54, 1.807) is 0 Å². The highest BCUT2D eigenvalue weighted by molar-refractivity contribution is 9.10. The zero-order chi connectivity index (χ0) is 16.1. The second kappa shape index (κ2) is 5.49. The van der Waals surface area contributed by atoms with Gasteiger partial charge in [0.15, 0.2) is 0 Å². The maximum absolute atomic E-state index is 3.84. The summed E-state index contributed by atoms with van der Waals surface area (Å²) in [5.41, 5.74) is 4.13. The van der Waals surface area contributed by atoms with Gasteiger partial charge in [0.05, 0.1) is 6.04 Å². The van der Waals surface area contributed by atoms with Crippen molar-refractivity contribution in [2.45, 2.75) is 18.4 Å². The molecule has 0 amide bonds. The van der Waals surface area contributed by atoms with Crippen molar-refractivity contribution in [3.8, 4) is 0 Å². The van der Waals surface area contributed by atoms with Crippen LogP contribution in [0.5, 0.6) is 0 Å². The summed E-state index contributed by atoms with van der Waals surface area (Å²) in [5.74, 6) is 1.09. The van der Waals surface area contributed by atoms with E-state index in [9.17, 15) is 0 Å². The average molecular weight is 376 g/mol. The van der Waals surface area contributed by atoms with Gasteiger partial charge in [-0.15, -0.1) is 0 Å². The monoisotopic (exact) mass is 375 g/mol. The third-order valence-electron chi connectivity index (χ3n) is 5.49. The van der Waals surface area contributed by atoms with E-state index in [1.807, 2.05) is 0 Å². The van der Waals surface area contributed by atoms with E-state index in [1.165, 1.54) is 27.6 Å². The number of halogens is 1. The smallest absolute Gasteiger partial charge is 0.0553 e. The summed E-state index contributed by atoms with van der Waals surface area (Å²) >= 11 is 3.55. The standard InChI is InChI=1S/C22H18BrN/c23-16-11-8-15(9-12-16)22-19-7-3-6-18(19)21-17-5-2-1-4-14(17)10-13-20(21)24-22/h1-6,8-13,18-19,22,24H,7H2/t18-,19+,22-/m1/s1. The molecular formula is C22H18BrN. The zero-order valence-corrected chi connectivity index (χ0v) is 14.8. The predicted octanol–water partition coefficient (Wildman–Crippen LogP) is 6.43. The molecule has 3 aromatic rings. The predicted molar refractivity (Wildman–Crippen MR) is 104 cm³/mol. The SMILES string of the molecule is Brc1ccc([C@H]2Nc3ccc4ccccc4c3[C@@H]3C=CC[C@H]23)cc1. The highest BCUT2D eigenvalue weighted by Gasteiger charge is 2.38. The quantitative estimate of drug-likeness (QED) is 0.483. The number of nitrogens with one attached hydrogen (secondary N) is 1. The normalized spacial score (nSPS) is 24.5. The van der Waals surface area contributed by atoms with Gasteiger partial charge < -0.3 is 5.32 Å². The zero-order valence-electron chi connectivity index (χ0n) is 13.2. The molecule has 0 saturated heterocycles. The van der Waals surface area contributed by atoms with Gasteiger partial charge in [-0.3, -0.25) is 0 Å². The van der Waals surface area contributed by atoms with E-state index < -0.39 is 0 Å². The van der Waals surface area contributed by atoms with E-state index >= 15 is 0 Å². The Hall–Kier alpha value is -2.06. The minimum atomic E-state index is 0.367. The lowest BCUT2D eigenvalue weighted by Crippen LogP contribution is -2.29. The first kappa shape index (κ1) is 14.3. The third-order valence-corrected chi connectivity index (χ3v) is 6.01. The number of hydrogen-bond donors (Lipinski definition) is 1. The first-order valence-corrected chi connectivity index (χ1v) is 9.31. The van der Waals surface area contributed by atoms with Gasteiger partial charge >= 0.3 is 0 Å². The van der Waals surface area contributed by atoms with Crippen molar-refractivity contribution in [1.82, 2.24) is 0 Å². The third kappa shape index (κ3) is 2.13. The molecule has 1 heterocycles. The number of hydrogen-bond acceptors (Lipinski definition) is 1. The largest absolute Gasteiger partial charge is 0.378 e. The fraction of sp³-hybridized carbons (Fsp3) is 0.182. The summed E-state index contributed by atoms with van der Waals surface area (Å²) in [7, 11) is 0. The van der Waals surface area contributed by atoms with Gasteiger partial charge in [0, 0.05) is 16.1 Å². The maximum Gasteiger partial charge on any atom is 0.0553 e. The first-order valence-electron chi connectivity index (χ1n) is 8.51. The first-order chi connectivity index (χ1) is 11.8. The van der Waals surface area contributed by atoms with Crippen LogP contribution in [0.15, 0.2) is 77.3 Å². The lowest BCUT2D eigenvalue weighted by molar-refractivity contribution is 0.427. The molecule has 2 aliphatic rings. The van der Waals surface area contributed by atoms with E-state index in [4.69, 9.17) is 0 Å². The molecule has 1 aliphatic heterocycles. The van der Waals surface area contributed by atoms with E-state index in [2.05, 4.69) is 94.1 Å². The molecular weight excluding hydrogens is 358 g/mol. The molecule has 0 unspecified atom stereocenters. The van der Waals surface area contributed by atoms with Gasteiger partial charge in [-0.1, -0.05) is 70.5 Å². The van der Waals surface area contributed by atoms with Crippen LogP contribution >= 0.6 is 15.9 Å². The Balaban J connectivity index is 1.67. The van der Waals surface area contributed by atoms with Crippen molar-refractivity contribution in [3.05, 3.63) is 88.4 Å². The lowest BCUT2D eigenvalue weighted by atomic mass is 9.75. The van der Waals surface area contributed by atoms with E-state index in [-0.39, 0.29) is 0 Å². The Bertz CT molecular complexity index is 942. The van der Waals surface area contributed by atoms with Crippen LogP contribution in [0.2, 0.25) is 0 Å². The molecule has 1 N–H and O–H groups in total. The van der Waals surface area contributed by atoms with Crippen LogP contribution in [0.1, 0.15) is 29.5 Å². The second-order valence-electron chi connectivity index (χ2n) is 6.77. The van der Waals surface area contributed by atoms with Gasteiger partial charge in [0.25, 0.3) is 0 Å². The highest BCUT2D eigenvalue weighted by Crippen LogP contribution is 2.51. The molecule has 0 bridgehead atoms. The molecule has 0 saturated carbocycles. The summed E-state index contributed by atoms with van der Waals surface area (Å²) in [6.45, 7) is 0. The number of benzene rings is 3. The van der Waals surface area contributed by atoms with Crippen LogP contribution in [-0.4, -0.2) is 0 Å². The molecule has 0 aromatic heterocycles. The number of fused-ring (bicyclic) bond motifs is 5. The number of rotatable bonds is 1. The Morgan fingerprint density at radius 3 is 2.62 bits per heavy atom. The summed E-state index contributed by atoms with van der Waals surface area (Å²) in [4.78, 5) is 0. The Morgan fingerprint density at radius 1 is 0.917 bits per heavy atom. The maximum atomic E-state index is 3.84. The summed E-state index contributed by atoms with van der Waals surface area (Å²) in [6.07, 6.45) is 5.92. The summed E-state index contributed by atoms with van der Waals surface area (Å²) in [6, 6.07) is 22.4. The summed E-state index contributed by atoms with van der Waals surface area (Å²) < 4.78 is 1.13. The fourth-order valence-corrected chi connectivity index (χ4v) is 4.65.